The van der Waals surface area contributed by atoms with Gasteiger partial charge >= 0.3 is 11.8 Å². The fraction of sp³-hybridized carbons (Fsp3) is 0.455. The Labute approximate surface area is 104 Å². The number of aromatic amines is 1. The van der Waals surface area contributed by atoms with E-state index in [1.165, 1.54) is 4.90 Å². The summed E-state index contributed by atoms with van der Waals surface area (Å²) >= 11 is 0. The van der Waals surface area contributed by atoms with Gasteiger partial charge in [-0.3, -0.25) is 4.79 Å². The fourth-order valence-electron chi connectivity index (χ4n) is 1.50. The number of rotatable bonds is 5. The molecule has 0 aromatic carbocycles. The van der Waals surface area contributed by atoms with Crippen molar-refractivity contribution in [3.05, 3.63) is 30.0 Å². The molecule has 7 nitrogen and oxygen atoms in total. The minimum Gasteiger partial charge on any atom is -0.417 e. The number of imidazole rings is 1. The molecule has 1 amide bonds. The number of aryl methyl sites for hydroxylation is 1. The number of hydrogen-bond acceptors (Lipinski definition) is 5. The van der Waals surface area contributed by atoms with Crippen LogP contribution >= 0.6 is 0 Å². The Balaban J connectivity index is 2.01. The summed E-state index contributed by atoms with van der Waals surface area (Å²) in [5.74, 6) is 0.917. The fourth-order valence-corrected chi connectivity index (χ4v) is 1.50. The molecular weight excluding hydrogens is 234 g/mol. The van der Waals surface area contributed by atoms with Gasteiger partial charge < -0.3 is 14.3 Å². The Hall–Kier alpha value is -2.18. The van der Waals surface area contributed by atoms with Gasteiger partial charge in [-0.25, -0.2) is 4.98 Å². The monoisotopic (exact) mass is 249 g/mol. The number of nitrogens with zero attached hydrogens (tertiary/aromatic N) is 4. The third-order valence-corrected chi connectivity index (χ3v) is 2.40. The molecule has 2 rings (SSSR count). The lowest BCUT2D eigenvalue weighted by atomic mass is 10.3. The van der Waals surface area contributed by atoms with E-state index in [-0.39, 0.29) is 11.8 Å². The van der Waals surface area contributed by atoms with Crippen LogP contribution in [0.4, 0.5) is 0 Å². The van der Waals surface area contributed by atoms with E-state index in [9.17, 15) is 4.79 Å². The van der Waals surface area contributed by atoms with Crippen molar-refractivity contribution in [2.75, 3.05) is 7.05 Å². The zero-order valence-corrected chi connectivity index (χ0v) is 10.4. The number of carbonyl (C=O) groups is 1. The lowest BCUT2D eigenvalue weighted by Gasteiger charge is -2.12. The Morgan fingerprint density at radius 1 is 1.50 bits per heavy atom. The van der Waals surface area contributed by atoms with Crippen LogP contribution in [0.5, 0.6) is 0 Å². The molecule has 1 N–H and O–H groups in total. The summed E-state index contributed by atoms with van der Waals surface area (Å²) in [5.41, 5.74) is 0. The number of carbonyl (C=O) groups excluding carboxylic acids is 1. The standard InChI is InChI=1S/C11H15N5O2/c1-3-4-9-14-15-10(18-9)11(17)16(2)7-8-12-5-6-13-8/h5-6H,3-4,7H2,1-2H3,(H,12,13). The average molecular weight is 249 g/mol. The topological polar surface area (TPSA) is 87.9 Å². The lowest BCUT2D eigenvalue weighted by Crippen LogP contribution is -2.27. The van der Waals surface area contributed by atoms with Gasteiger partial charge in [0.15, 0.2) is 0 Å². The number of aromatic nitrogens is 4. The molecule has 0 unspecified atom stereocenters. The molecule has 0 radical (unpaired) electrons. The molecule has 0 saturated carbocycles. The minimum atomic E-state index is -0.304. The van der Waals surface area contributed by atoms with Gasteiger partial charge in [0.2, 0.25) is 5.89 Å². The molecule has 96 valence electrons. The van der Waals surface area contributed by atoms with Crippen LogP contribution in [0.25, 0.3) is 0 Å². The SMILES string of the molecule is CCCc1nnc(C(=O)N(C)Cc2ncc[nH]2)o1. The molecular formula is C11H15N5O2. The Kier molecular flexibility index (Phi) is 3.71. The van der Waals surface area contributed by atoms with Crippen LogP contribution < -0.4 is 0 Å². The van der Waals surface area contributed by atoms with E-state index in [1.54, 1.807) is 19.4 Å². The van der Waals surface area contributed by atoms with Gasteiger partial charge in [0.05, 0.1) is 6.54 Å². The second-order valence-corrected chi connectivity index (χ2v) is 3.95. The Morgan fingerprint density at radius 3 is 3.00 bits per heavy atom. The molecule has 2 heterocycles. The molecule has 18 heavy (non-hydrogen) atoms. The molecule has 2 aromatic heterocycles. The van der Waals surface area contributed by atoms with Crippen molar-refractivity contribution in [1.82, 2.24) is 25.1 Å². The summed E-state index contributed by atoms with van der Waals surface area (Å²) in [6.45, 7) is 2.38. The van der Waals surface area contributed by atoms with Crippen molar-refractivity contribution in [2.45, 2.75) is 26.3 Å². The summed E-state index contributed by atoms with van der Waals surface area (Å²) in [6, 6.07) is 0. The molecule has 0 fully saturated rings. The first-order chi connectivity index (χ1) is 8.70. The lowest BCUT2D eigenvalue weighted by molar-refractivity contribution is 0.0740. The van der Waals surface area contributed by atoms with Crippen LogP contribution in [0.15, 0.2) is 16.8 Å². The van der Waals surface area contributed by atoms with Gasteiger partial charge in [0, 0.05) is 25.9 Å². The minimum absolute atomic E-state index is 0.0208. The molecule has 0 aliphatic rings. The summed E-state index contributed by atoms with van der Waals surface area (Å²) in [4.78, 5) is 20.4. The van der Waals surface area contributed by atoms with Gasteiger partial charge in [-0.15, -0.1) is 10.2 Å². The Morgan fingerprint density at radius 2 is 2.33 bits per heavy atom. The van der Waals surface area contributed by atoms with Crippen molar-refractivity contribution >= 4 is 5.91 Å². The first-order valence-corrected chi connectivity index (χ1v) is 5.76. The summed E-state index contributed by atoms with van der Waals surface area (Å²) in [7, 11) is 1.66. The molecule has 0 atom stereocenters. The van der Waals surface area contributed by atoms with E-state index in [4.69, 9.17) is 4.42 Å². The molecule has 0 saturated heterocycles. The maximum Gasteiger partial charge on any atom is 0.311 e. The zero-order valence-electron chi connectivity index (χ0n) is 10.4. The highest BCUT2D eigenvalue weighted by Gasteiger charge is 2.19. The highest BCUT2D eigenvalue weighted by atomic mass is 16.4. The van der Waals surface area contributed by atoms with Gasteiger partial charge in [0.1, 0.15) is 5.82 Å². The van der Waals surface area contributed by atoms with Gasteiger partial charge in [-0.2, -0.15) is 0 Å². The molecule has 0 bridgehead atoms. The second kappa shape index (κ2) is 5.44. The van der Waals surface area contributed by atoms with Crippen molar-refractivity contribution in [3.8, 4) is 0 Å². The van der Waals surface area contributed by atoms with Gasteiger partial charge in [0.25, 0.3) is 0 Å². The average Bonchev–Trinajstić information content (AvgIpc) is 3.00. The van der Waals surface area contributed by atoms with Crippen molar-refractivity contribution in [1.29, 1.82) is 0 Å². The maximum atomic E-state index is 12.0. The van der Waals surface area contributed by atoms with Crippen LogP contribution in [0.3, 0.4) is 0 Å². The quantitative estimate of drug-likeness (QED) is 0.854. The van der Waals surface area contributed by atoms with Gasteiger partial charge in [-0.1, -0.05) is 6.92 Å². The molecule has 7 heteroatoms. The van der Waals surface area contributed by atoms with Crippen LogP contribution in [0.2, 0.25) is 0 Å². The summed E-state index contributed by atoms with van der Waals surface area (Å²) < 4.78 is 5.28. The van der Waals surface area contributed by atoms with E-state index in [1.807, 2.05) is 6.92 Å². The van der Waals surface area contributed by atoms with Crippen LogP contribution in [-0.4, -0.2) is 38.0 Å². The number of amides is 1. The van der Waals surface area contributed by atoms with E-state index < -0.39 is 0 Å². The van der Waals surface area contributed by atoms with Crippen molar-refractivity contribution < 1.29 is 9.21 Å². The summed E-state index contributed by atoms with van der Waals surface area (Å²) in [5, 5.41) is 7.57. The molecule has 0 spiro atoms. The Bertz CT molecular complexity index is 505. The second-order valence-electron chi connectivity index (χ2n) is 3.95. The van der Waals surface area contributed by atoms with E-state index in [0.29, 0.717) is 24.7 Å². The van der Waals surface area contributed by atoms with Crippen molar-refractivity contribution in [3.63, 3.8) is 0 Å². The molecule has 0 aliphatic heterocycles. The van der Waals surface area contributed by atoms with Crippen LogP contribution in [0, 0.1) is 0 Å². The van der Waals surface area contributed by atoms with Crippen LogP contribution in [0.1, 0.15) is 35.7 Å². The molecule has 0 aliphatic carbocycles. The number of hydrogen-bond donors (Lipinski definition) is 1. The number of H-pyrrole nitrogens is 1. The highest BCUT2D eigenvalue weighted by molar-refractivity contribution is 5.89. The number of nitrogens with one attached hydrogen (secondary N) is 1. The first-order valence-electron chi connectivity index (χ1n) is 5.76. The van der Waals surface area contributed by atoms with Crippen molar-refractivity contribution in [2.24, 2.45) is 0 Å². The predicted octanol–water partition coefficient (Wildman–Crippen LogP) is 1.02. The third kappa shape index (κ3) is 2.73. The van der Waals surface area contributed by atoms with Crippen LogP contribution in [-0.2, 0) is 13.0 Å². The smallest absolute Gasteiger partial charge is 0.311 e. The third-order valence-electron chi connectivity index (χ3n) is 2.40. The summed E-state index contributed by atoms with van der Waals surface area (Å²) in [6.07, 6.45) is 4.93. The van der Waals surface area contributed by atoms with E-state index >= 15 is 0 Å². The molecule has 2 aromatic rings. The van der Waals surface area contributed by atoms with E-state index in [2.05, 4.69) is 20.2 Å². The van der Waals surface area contributed by atoms with E-state index in [0.717, 1.165) is 6.42 Å². The highest BCUT2D eigenvalue weighted by Crippen LogP contribution is 2.06. The normalized spacial score (nSPS) is 10.6. The largest absolute Gasteiger partial charge is 0.417 e. The first kappa shape index (κ1) is 12.3. The maximum absolute atomic E-state index is 12.0. The predicted molar refractivity (Wildman–Crippen MR) is 62.7 cm³/mol. The zero-order chi connectivity index (χ0) is 13.0. The van der Waals surface area contributed by atoms with Gasteiger partial charge in [-0.05, 0) is 6.42 Å².